The van der Waals surface area contributed by atoms with Gasteiger partial charge in [-0.25, -0.2) is 0 Å². The highest BCUT2D eigenvalue weighted by atomic mass is 16.5. The second-order valence-corrected chi connectivity index (χ2v) is 9.00. The number of esters is 1. The first-order valence-electron chi connectivity index (χ1n) is 10.6. The van der Waals surface area contributed by atoms with Crippen LogP contribution >= 0.6 is 0 Å². The first-order valence-corrected chi connectivity index (χ1v) is 10.6. The molecular formula is C25H28NO3+. The summed E-state index contributed by atoms with van der Waals surface area (Å²) in [6, 6.07) is 16.5. The molecule has 2 unspecified atom stereocenters. The second-order valence-electron chi connectivity index (χ2n) is 9.00. The smallest absolute Gasteiger partial charge is 0.321 e. The molecule has 0 spiro atoms. The maximum absolute atomic E-state index is 13.8. The summed E-state index contributed by atoms with van der Waals surface area (Å²) in [5.41, 5.74) is 0.971. The fraction of sp³-hybridized carbons (Fsp3) is 0.400. The average molecular weight is 391 g/mol. The second kappa shape index (κ2) is 6.46. The number of fused-ring (bicyclic) bond motifs is 4. The van der Waals surface area contributed by atoms with Gasteiger partial charge in [-0.1, -0.05) is 43.3 Å². The number of para-hydroxylation sites is 2. The van der Waals surface area contributed by atoms with E-state index in [1.54, 1.807) is 0 Å². The van der Waals surface area contributed by atoms with Crippen molar-refractivity contribution in [2.75, 3.05) is 14.1 Å². The lowest BCUT2D eigenvalue weighted by Gasteiger charge is -2.45. The lowest BCUT2D eigenvalue weighted by molar-refractivity contribution is -0.926. The Morgan fingerprint density at radius 2 is 1.52 bits per heavy atom. The van der Waals surface area contributed by atoms with E-state index < -0.39 is 5.41 Å². The van der Waals surface area contributed by atoms with Crippen LogP contribution < -0.4 is 4.74 Å². The lowest BCUT2D eigenvalue weighted by atomic mass is 9.70. The van der Waals surface area contributed by atoms with Crippen LogP contribution in [0.5, 0.6) is 11.5 Å². The number of quaternary nitrogens is 1. The molecule has 0 aliphatic carbocycles. The number of rotatable bonds is 3. The third-order valence-electron chi connectivity index (χ3n) is 7.34. The van der Waals surface area contributed by atoms with Gasteiger partial charge in [-0.15, -0.1) is 0 Å². The summed E-state index contributed by atoms with van der Waals surface area (Å²) < 4.78 is 13.4. The van der Waals surface area contributed by atoms with Crippen molar-refractivity contribution in [2.24, 2.45) is 0 Å². The molecule has 1 saturated heterocycles. The Morgan fingerprint density at radius 3 is 2.03 bits per heavy atom. The van der Waals surface area contributed by atoms with Gasteiger partial charge in [-0.2, -0.15) is 0 Å². The van der Waals surface area contributed by atoms with Gasteiger partial charge in [0.15, 0.2) is 0 Å². The summed E-state index contributed by atoms with van der Waals surface area (Å²) in [6.45, 7) is 2.06. The first-order chi connectivity index (χ1) is 14.0. The van der Waals surface area contributed by atoms with E-state index in [1.165, 1.54) is 0 Å². The van der Waals surface area contributed by atoms with Crippen LogP contribution in [0.15, 0.2) is 60.7 Å². The molecule has 2 aromatic rings. The molecule has 0 aromatic heterocycles. The molecule has 3 aliphatic rings. The summed E-state index contributed by atoms with van der Waals surface area (Å²) in [5.74, 6) is 1.33. The molecule has 4 nitrogen and oxygen atoms in total. The van der Waals surface area contributed by atoms with Gasteiger partial charge in [0.2, 0.25) is 0 Å². The highest BCUT2D eigenvalue weighted by molar-refractivity contribution is 5.90. The quantitative estimate of drug-likeness (QED) is 0.437. The van der Waals surface area contributed by atoms with Crippen LogP contribution in [0.3, 0.4) is 0 Å². The normalized spacial score (nSPS) is 27.5. The molecule has 0 amide bonds. The number of piperidine rings is 1. The van der Waals surface area contributed by atoms with Crippen LogP contribution in [0.2, 0.25) is 0 Å². The maximum atomic E-state index is 13.8. The Kier molecular flexibility index (Phi) is 4.11. The van der Waals surface area contributed by atoms with Crippen LogP contribution in [0, 0.1) is 0 Å². The third-order valence-corrected chi connectivity index (χ3v) is 7.34. The summed E-state index contributed by atoms with van der Waals surface area (Å²) in [4.78, 5) is 13.8. The topological polar surface area (TPSA) is 35.5 Å². The van der Waals surface area contributed by atoms with Crippen molar-refractivity contribution in [3.63, 3.8) is 0 Å². The van der Waals surface area contributed by atoms with Crippen molar-refractivity contribution >= 4 is 5.97 Å². The van der Waals surface area contributed by atoms with Gasteiger partial charge < -0.3 is 14.0 Å². The summed E-state index contributed by atoms with van der Waals surface area (Å²) in [7, 11) is 4.54. The average Bonchev–Trinajstić information content (AvgIpc) is 2.88. The van der Waals surface area contributed by atoms with Crippen LogP contribution in [0.4, 0.5) is 0 Å². The fourth-order valence-corrected chi connectivity index (χ4v) is 5.45. The summed E-state index contributed by atoms with van der Waals surface area (Å²) in [5, 5.41) is 0. The Bertz CT molecular complexity index is 930. The zero-order valence-corrected chi connectivity index (χ0v) is 17.3. The molecular weight excluding hydrogens is 362 g/mol. The Balaban J connectivity index is 1.52. The van der Waals surface area contributed by atoms with E-state index in [-0.39, 0.29) is 12.1 Å². The van der Waals surface area contributed by atoms with Gasteiger partial charge in [0.25, 0.3) is 0 Å². The van der Waals surface area contributed by atoms with Crippen molar-refractivity contribution in [3.05, 3.63) is 71.8 Å². The fourth-order valence-electron chi connectivity index (χ4n) is 5.45. The summed E-state index contributed by atoms with van der Waals surface area (Å²) in [6.07, 6.45) is 6.93. The number of nitrogens with zero attached hydrogens (tertiary/aromatic N) is 1. The van der Waals surface area contributed by atoms with E-state index in [0.717, 1.165) is 40.0 Å². The zero-order chi connectivity index (χ0) is 20.2. The Labute approximate surface area is 172 Å². The Morgan fingerprint density at radius 1 is 1.00 bits per heavy atom. The highest BCUT2D eigenvalue weighted by Gasteiger charge is 2.51. The van der Waals surface area contributed by atoms with Crippen molar-refractivity contribution < 1.29 is 18.8 Å². The zero-order valence-electron chi connectivity index (χ0n) is 17.3. The van der Waals surface area contributed by atoms with E-state index in [0.29, 0.717) is 18.5 Å². The molecule has 4 heteroatoms. The number of ether oxygens (including phenoxy) is 2. The van der Waals surface area contributed by atoms with E-state index in [2.05, 4.69) is 33.2 Å². The largest absolute Gasteiger partial charge is 0.461 e. The number of benzene rings is 2. The minimum atomic E-state index is -0.834. The van der Waals surface area contributed by atoms with Gasteiger partial charge in [-0.3, -0.25) is 4.79 Å². The lowest BCUT2D eigenvalue weighted by Crippen LogP contribution is -2.57. The van der Waals surface area contributed by atoms with Gasteiger partial charge >= 0.3 is 5.97 Å². The van der Waals surface area contributed by atoms with Gasteiger partial charge in [0.1, 0.15) is 35.1 Å². The van der Waals surface area contributed by atoms with Crippen LogP contribution in [-0.2, 0) is 14.9 Å². The molecule has 2 atom stereocenters. The molecule has 2 aromatic carbocycles. The van der Waals surface area contributed by atoms with Crippen molar-refractivity contribution in [1.29, 1.82) is 0 Å². The molecule has 2 bridgehead atoms. The summed E-state index contributed by atoms with van der Waals surface area (Å²) >= 11 is 0. The molecule has 0 saturated carbocycles. The Hall–Kier alpha value is -2.59. The van der Waals surface area contributed by atoms with Crippen molar-refractivity contribution in [2.45, 2.75) is 49.8 Å². The molecule has 0 radical (unpaired) electrons. The van der Waals surface area contributed by atoms with Crippen LogP contribution in [-0.4, -0.2) is 42.7 Å². The van der Waals surface area contributed by atoms with Gasteiger partial charge in [0.05, 0.1) is 14.1 Å². The molecule has 29 heavy (non-hydrogen) atoms. The minimum Gasteiger partial charge on any atom is -0.461 e. The molecule has 1 fully saturated rings. The van der Waals surface area contributed by atoms with Crippen molar-refractivity contribution in [1.82, 2.24) is 0 Å². The SMILES string of the molecule is CCC1(C(=O)OC2CC3C=CC(C2)[N+]3(C)C)c2ccccc2Oc2ccccc21. The van der Waals surface area contributed by atoms with Gasteiger partial charge in [-0.05, 0) is 30.7 Å². The number of carbonyl (C=O) groups is 1. The van der Waals surface area contributed by atoms with Crippen LogP contribution in [0.1, 0.15) is 37.3 Å². The molecule has 3 aliphatic heterocycles. The number of hydrogen-bond acceptors (Lipinski definition) is 3. The standard InChI is InChI=1S/C25H28NO3/c1-4-25(24(27)28-19-15-17-13-14-18(16-19)26(17,2)3)20-9-5-7-11-22(20)29-23-12-8-6-10-21(23)25/h5-14,17-19H,4,15-16H2,1-3H3/q+1. The third kappa shape index (κ3) is 2.58. The molecule has 0 N–H and O–H groups in total. The maximum Gasteiger partial charge on any atom is 0.321 e. The van der Waals surface area contributed by atoms with E-state index in [9.17, 15) is 4.79 Å². The van der Waals surface area contributed by atoms with E-state index in [4.69, 9.17) is 9.47 Å². The molecule has 5 rings (SSSR count). The van der Waals surface area contributed by atoms with Crippen LogP contribution in [0.25, 0.3) is 0 Å². The number of carbonyl (C=O) groups excluding carboxylic acids is 1. The highest BCUT2D eigenvalue weighted by Crippen LogP contribution is 2.51. The van der Waals surface area contributed by atoms with Crippen molar-refractivity contribution in [3.8, 4) is 11.5 Å². The number of likely N-dealkylation sites (N-methyl/N-ethyl adjacent to an activating group) is 1. The number of hydrogen-bond donors (Lipinski definition) is 0. The first kappa shape index (κ1) is 18.4. The minimum absolute atomic E-state index is 0.0516. The molecule has 3 heterocycles. The predicted octanol–water partition coefficient (Wildman–Crippen LogP) is 4.58. The van der Waals surface area contributed by atoms with E-state index >= 15 is 0 Å². The molecule has 150 valence electrons. The van der Waals surface area contributed by atoms with Gasteiger partial charge in [0, 0.05) is 24.0 Å². The monoisotopic (exact) mass is 390 g/mol. The van der Waals surface area contributed by atoms with E-state index in [1.807, 2.05) is 48.5 Å². The predicted molar refractivity (Wildman–Crippen MR) is 112 cm³/mol.